The maximum atomic E-state index is 14.9. The van der Waals surface area contributed by atoms with Crippen molar-refractivity contribution in [1.82, 2.24) is 4.90 Å². The van der Waals surface area contributed by atoms with Gasteiger partial charge < -0.3 is 19.6 Å². The molecule has 1 spiro atoms. The number of aliphatic hydroxyl groups excluding tert-OH is 1. The number of fused-ring (bicyclic) bond motifs is 2. The zero-order chi connectivity index (χ0) is 28.8. The van der Waals surface area contributed by atoms with Crippen molar-refractivity contribution in [3.63, 3.8) is 0 Å². The van der Waals surface area contributed by atoms with Crippen molar-refractivity contribution in [3.8, 4) is 0 Å². The van der Waals surface area contributed by atoms with Crippen LogP contribution in [-0.4, -0.2) is 69.1 Å². The highest BCUT2D eigenvalue weighted by atomic mass is 32.2. The number of ether oxygens (including phenoxy) is 1. The number of hydrogen-bond acceptors (Lipinski definition) is 6. The number of aliphatic hydroxyl groups is 1. The average Bonchev–Trinajstić information content (AvgIpc) is 3.25. The minimum Gasteiger partial charge on any atom is -0.465 e. The quantitative estimate of drug-likeness (QED) is 0.415. The fourth-order valence-corrected chi connectivity index (χ4v) is 9.48. The number of likely N-dealkylation sites (tertiary alicyclic amines) is 1. The van der Waals surface area contributed by atoms with Crippen LogP contribution in [0, 0.1) is 31.6 Å². The maximum Gasteiger partial charge on any atom is 0.311 e. The lowest BCUT2D eigenvalue weighted by Gasteiger charge is -2.41. The Labute approximate surface area is 242 Å². The number of amides is 2. The Morgan fingerprint density at radius 1 is 1.07 bits per heavy atom. The van der Waals surface area contributed by atoms with Gasteiger partial charge >= 0.3 is 5.97 Å². The molecule has 40 heavy (non-hydrogen) atoms. The molecule has 0 bridgehead atoms. The van der Waals surface area contributed by atoms with E-state index in [-0.39, 0.29) is 30.3 Å². The van der Waals surface area contributed by atoms with Crippen molar-refractivity contribution in [2.45, 2.75) is 81.9 Å². The first-order chi connectivity index (χ1) is 19.1. The van der Waals surface area contributed by atoms with Crippen LogP contribution in [0.4, 0.5) is 5.69 Å². The standard InChI is InChI=1S/C32H42N2O5S/c1-6-20(2)23(19-35)34-27-29(37)33(26-21(3)13-11-14-22(26)4)17-12-16-32(27)24(28(34)36)25-30(38)39-18-10-8-7-9-15-31(25,5)40-32/h9,11-16,20,23-25,27,35H,6-8,10,17-19H2,1-5H3/b15-9-/t20-,23-,24-,25+,27?,31-,32-/m0/s1. The predicted octanol–water partition coefficient (Wildman–Crippen LogP) is 4.58. The number of rotatable bonds is 5. The van der Waals surface area contributed by atoms with E-state index in [0.717, 1.165) is 42.5 Å². The molecule has 0 radical (unpaired) electrons. The second-order valence-corrected chi connectivity index (χ2v) is 13.8. The van der Waals surface area contributed by atoms with Crippen LogP contribution in [0.5, 0.6) is 0 Å². The van der Waals surface area contributed by atoms with E-state index >= 15 is 0 Å². The van der Waals surface area contributed by atoms with Gasteiger partial charge in [0.25, 0.3) is 5.91 Å². The van der Waals surface area contributed by atoms with Crippen molar-refractivity contribution < 1.29 is 24.2 Å². The van der Waals surface area contributed by atoms with Crippen molar-refractivity contribution in [2.24, 2.45) is 17.8 Å². The van der Waals surface area contributed by atoms with E-state index in [1.54, 1.807) is 21.6 Å². The zero-order valence-electron chi connectivity index (χ0n) is 24.3. The number of hydrogen-bond donors (Lipinski definition) is 1. The molecule has 0 saturated carbocycles. The number of benzene rings is 1. The lowest BCUT2D eigenvalue weighted by molar-refractivity contribution is -0.155. The number of para-hydroxylation sites is 1. The van der Waals surface area contributed by atoms with E-state index in [4.69, 9.17) is 4.74 Å². The minimum absolute atomic E-state index is 0.0363. The Bertz CT molecular complexity index is 1230. The molecule has 4 aliphatic heterocycles. The highest BCUT2D eigenvalue weighted by Crippen LogP contribution is 2.65. The fourth-order valence-electron chi connectivity index (χ4n) is 7.34. The Hall–Kier alpha value is -2.58. The topological polar surface area (TPSA) is 87.2 Å². The number of esters is 1. The summed E-state index contributed by atoms with van der Waals surface area (Å²) < 4.78 is 4.08. The third kappa shape index (κ3) is 4.42. The molecular formula is C32H42N2O5S. The Morgan fingerprint density at radius 3 is 2.48 bits per heavy atom. The van der Waals surface area contributed by atoms with Crippen molar-refractivity contribution in [2.75, 3.05) is 24.7 Å². The van der Waals surface area contributed by atoms with Gasteiger partial charge in [0.2, 0.25) is 5.91 Å². The van der Waals surface area contributed by atoms with Crippen LogP contribution in [0.15, 0.2) is 42.5 Å². The van der Waals surface area contributed by atoms with Gasteiger partial charge in [-0.25, -0.2) is 0 Å². The van der Waals surface area contributed by atoms with Gasteiger partial charge in [-0.3, -0.25) is 14.4 Å². The first-order valence-corrected chi connectivity index (χ1v) is 15.5. The molecule has 0 aliphatic carbocycles. The fraction of sp³-hybridized carbons (Fsp3) is 0.594. The van der Waals surface area contributed by atoms with E-state index in [9.17, 15) is 19.5 Å². The van der Waals surface area contributed by atoms with Crippen molar-refractivity contribution in [1.29, 1.82) is 0 Å². The SMILES string of the molecule is CC[C@H](C)[C@H](CO)N1C(=O)[C@@H]2[C@@H]3C(=O)OCCCC/C=C\[C@]3(C)S[C@@]23C=CCN(c2c(C)cccc2C)C(=O)C13. The van der Waals surface area contributed by atoms with Crippen LogP contribution < -0.4 is 4.90 Å². The molecule has 2 fully saturated rings. The molecule has 1 aromatic carbocycles. The molecule has 2 amide bonds. The molecule has 4 aliphatic rings. The average molecular weight is 567 g/mol. The molecule has 2 saturated heterocycles. The van der Waals surface area contributed by atoms with Gasteiger partial charge in [-0.2, -0.15) is 0 Å². The number of carbonyl (C=O) groups is 3. The van der Waals surface area contributed by atoms with Crippen LogP contribution in [0.3, 0.4) is 0 Å². The summed E-state index contributed by atoms with van der Waals surface area (Å²) in [6.07, 6.45) is 11.5. The van der Waals surface area contributed by atoms with Gasteiger partial charge in [0, 0.05) is 17.0 Å². The van der Waals surface area contributed by atoms with Crippen molar-refractivity contribution >= 4 is 35.2 Å². The molecular weight excluding hydrogens is 524 g/mol. The number of anilines is 1. The monoisotopic (exact) mass is 566 g/mol. The van der Waals surface area contributed by atoms with Crippen molar-refractivity contribution in [3.05, 3.63) is 53.6 Å². The molecule has 216 valence electrons. The van der Waals surface area contributed by atoms with Crippen LogP contribution in [-0.2, 0) is 19.1 Å². The summed E-state index contributed by atoms with van der Waals surface area (Å²) in [5.74, 6) is -2.34. The molecule has 5 rings (SSSR count). The van der Waals surface area contributed by atoms with E-state index < -0.39 is 33.4 Å². The van der Waals surface area contributed by atoms with Crippen LogP contribution in [0.25, 0.3) is 0 Å². The third-order valence-electron chi connectivity index (χ3n) is 9.49. The summed E-state index contributed by atoms with van der Waals surface area (Å²) in [5.41, 5.74) is 2.82. The second kappa shape index (κ2) is 11.0. The van der Waals surface area contributed by atoms with Gasteiger partial charge in [-0.1, -0.05) is 62.8 Å². The molecule has 1 aromatic rings. The minimum atomic E-state index is -0.975. The molecule has 4 heterocycles. The molecule has 7 atom stereocenters. The Balaban J connectivity index is 1.71. The third-order valence-corrected chi connectivity index (χ3v) is 11.3. The van der Waals surface area contributed by atoms with Crippen LogP contribution >= 0.6 is 11.8 Å². The molecule has 0 aromatic heterocycles. The summed E-state index contributed by atoms with van der Waals surface area (Å²) in [4.78, 5) is 46.7. The summed E-state index contributed by atoms with van der Waals surface area (Å²) in [6, 6.07) is 4.56. The van der Waals surface area contributed by atoms with Gasteiger partial charge in [-0.15, -0.1) is 11.8 Å². The van der Waals surface area contributed by atoms with Gasteiger partial charge in [0.1, 0.15) is 6.04 Å². The van der Waals surface area contributed by atoms with Gasteiger partial charge in [0.05, 0.1) is 35.8 Å². The van der Waals surface area contributed by atoms with E-state index in [2.05, 4.69) is 12.2 Å². The number of thioether (sulfide) groups is 1. The van der Waals surface area contributed by atoms with Crippen LogP contribution in [0.2, 0.25) is 0 Å². The molecule has 1 unspecified atom stereocenters. The van der Waals surface area contributed by atoms with Gasteiger partial charge in [0.15, 0.2) is 0 Å². The van der Waals surface area contributed by atoms with Gasteiger partial charge in [-0.05, 0) is 57.1 Å². The normalized spacial score (nSPS) is 34.5. The van der Waals surface area contributed by atoms with Crippen LogP contribution in [0.1, 0.15) is 57.6 Å². The number of aryl methyl sites for hydroxylation is 2. The highest BCUT2D eigenvalue weighted by molar-refractivity contribution is 8.02. The number of carbonyl (C=O) groups excluding carboxylic acids is 3. The first-order valence-electron chi connectivity index (χ1n) is 14.6. The molecule has 8 heteroatoms. The largest absolute Gasteiger partial charge is 0.465 e. The second-order valence-electron chi connectivity index (χ2n) is 12.0. The molecule has 7 nitrogen and oxygen atoms in total. The van der Waals surface area contributed by atoms with E-state index in [1.165, 1.54) is 0 Å². The summed E-state index contributed by atoms with van der Waals surface area (Å²) in [6.45, 7) is 10.5. The predicted molar refractivity (Wildman–Crippen MR) is 158 cm³/mol. The number of nitrogens with zero attached hydrogens (tertiary/aromatic N) is 2. The van der Waals surface area contributed by atoms with E-state index in [1.807, 2.05) is 65.0 Å². The first kappa shape index (κ1) is 28.9. The maximum absolute atomic E-state index is 14.9. The summed E-state index contributed by atoms with van der Waals surface area (Å²) in [5, 5.41) is 10.6. The smallest absolute Gasteiger partial charge is 0.311 e. The highest BCUT2D eigenvalue weighted by Gasteiger charge is 2.74. The number of cyclic esters (lactones) is 1. The summed E-state index contributed by atoms with van der Waals surface area (Å²) in [7, 11) is 0. The number of allylic oxidation sites excluding steroid dienone is 1. The lowest BCUT2D eigenvalue weighted by Crippen LogP contribution is -2.58. The Morgan fingerprint density at radius 2 is 1.80 bits per heavy atom. The zero-order valence-corrected chi connectivity index (χ0v) is 25.1. The molecule has 1 N–H and O–H groups in total. The van der Waals surface area contributed by atoms with E-state index in [0.29, 0.717) is 13.2 Å². The Kier molecular flexibility index (Phi) is 7.96. The lowest BCUT2D eigenvalue weighted by atomic mass is 9.74. The summed E-state index contributed by atoms with van der Waals surface area (Å²) >= 11 is 1.55.